The third-order valence-electron chi connectivity index (χ3n) is 3.62. The van der Waals surface area contributed by atoms with Crippen LogP contribution in [0.4, 0.5) is 5.13 Å². The van der Waals surface area contributed by atoms with E-state index in [9.17, 15) is 0 Å². The predicted molar refractivity (Wildman–Crippen MR) is 84.1 cm³/mol. The van der Waals surface area contributed by atoms with Gasteiger partial charge in [-0.1, -0.05) is 20.8 Å². The summed E-state index contributed by atoms with van der Waals surface area (Å²) in [6.45, 7) is 8.92. The van der Waals surface area contributed by atoms with Crippen LogP contribution in [0.5, 0.6) is 0 Å². The number of aryl methyl sites for hydroxylation is 1. The Morgan fingerprint density at radius 2 is 2.16 bits per heavy atom. The third kappa shape index (κ3) is 3.93. The summed E-state index contributed by atoms with van der Waals surface area (Å²) >= 11 is 1.89. The molecule has 1 aliphatic carbocycles. The summed E-state index contributed by atoms with van der Waals surface area (Å²) in [5.74, 6) is 0.767. The van der Waals surface area contributed by atoms with Crippen LogP contribution in [-0.4, -0.2) is 24.6 Å². The molecular weight excluding hydrogens is 254 g/mol. The van der Waals surface area contributed by atoms with Crippen LogP contribution in [-0.2, 0) is 13.0 Å². The van der Waals surface area contributed by atoms with E-state index in [-0.39, 0.29) is 0 Å². The van der Waals surface area contributed by atoms with Crippen molar-refractivity contribution in [3.8, 4) is 0 Å². The largest absolute Gasteiger partial charge is 0.345 e. The summed E-state index contributed by atoms with van der Waals surface area (Å²) in [7, 11) is 2.01. The Kier molecular flexibility index (Phi) is 5.22. The predicted octanol–water partition coefficient (Wildman–Crippen LogP) is 3.44. The van der Waals surface area contributed by atoms with Gasteiger partial charge >= 0.3 is 0 Å². The van der Waals surface area contributed by atoms with Gasteiger partial charge in [-0.3, -0.25) is 0 Å². The molecule has 0 radical (unpaired) electrons. The summed E-state index contributed by atoms with van der Waals surface area (Å²) in [6.07, 6.45) is 5.00. The highest BCUT2D eigenvalue weighted by Crippen LogP contribution is 2.36. The number of hydrogen-bond acceptors (Lipinski definition) is 4. The summed E-state index contributed by atoms with van der Waals surface area (Å²) in [6, 6.07) is 0.761. The molecular formula is C15H27N3S. The fourth-order valence-corrected chi connectivity index (χ4v) is 3.54. The number of rotatable bonds is 8. The smallest absolute Gasteiger partial charge is 0.186 e. The first-order valence-corrected chi connectivity index (χ1v) is 8.37. The van der Waals surface area contributed by atoms with Gasteiger partial charge < -0.3 is 10.2 Å². The number of aromatic nitrogens is 1. The second kappa shape index (κ2) is 6.71. The molecule has 2 rings (SSSR count). The van der Waals surface area contributed by atoms with E-state index < -0.39 is 0 Å². The van der Waals surface area contributed by atoms with Crippen molar-refractivity contribution in [2.45, 2.75) is 59.0 Å². The Labute approximate surface area is 121 Å². The van der Waals surface area contributed by atoms with Crippen LogP contribution in [0.3, 0.4) is 0 Å². The molecule has 3 nitrogen and oxygen atoms in total. The van der Waals surface area contributed by atoms with Crippen LogP contribution in [0, 0.1) is 5.92 Å². The zero-order chi connectivity index (χ0) is 13.8. The molecule has 0 spiro atoms. The van der Waals surface area contributed by atoms with Gasteiger partial charge in [-0.05, 0) is 38.6 Å². The normalized spacial score (nSPS) is 15.2. The lowest BCUT2D eigenvalue weighted by atomic mass is 10.1. The average molecular weight is 281 g/mol. The van der Waals surface area contributed by atoms with Crippen molar-refractivity contribution in [3.05, 3.63) is 10.6 Å². The van der Waals surface area contributed by atoms with E-state index in [0.29, 0.717) is 0 Å². The lowest BCUT2D eigenvalue weighted by Gasteiger charge is -2.22. The van der Waals surface area contributed by atoms with Gasteiger partial charge in [0.1, 0.15) is 0 Å². The summed E-state index contributed by atoms with van der Waals surface area (Å²) in [4.78, 5) is 8.86. The van der Waals surface area contributed by atoms with E-state index >= 15 is 0 Å². The molecule has 1 heterocycles. The summed E-state index contributed by atoms with van der Waals surface area (Å²) in [5.41, 5.74) is 1.28. The molecule has 1 aromatic heterocycles. The standard InChI is InChI=1S/C15H27N3S/c1-5-13-14(10-16-4)19-15(17-13)18(12-6-7-12)9-8-11(2)3/h11-12,16H,5-10H2,1-4H3. The number of hydrogen-bond donors (Lipinski definition) is 1. The van der Waals surface area contributed by atoms with Gasteiger partial charge in [-0.2, -0.15) is 0 Å². The Hall–Kier alpha value is -0.610. The fraction of sp³-hybridized carbons (Fsp3) is 0.800. The molecule has 0 aliphatic heterocycles. The lowest BCUT2D eigenvalue weighted by Crippen LogP contribution is -2.27. The van der Waals surface area contributed by atoms with Crippen LogP contribution in [0.15, 0.2) is 0 Å². The first kappa shape index (κ1) is 14.8. The second-order valence-corrected chi connectivity index (χ2v) is 6.92. The number of nitrogens with one attached hydrogen (secondary N) is 1. The van der Waals surface area contributed by atoms with Crippen molar-refractivity contribution in [2.75, 3.05) is 18.5 Å². The van der Waals surface area contributed by atoms with E-state index in [1.807, 2.05) is 18.4 Å². The Bertz CT molecular complexity index is 396. The molecule has 0 saturated heterocycles. The van der Waals surface area contributed by atoms with Crippen LogP contribution in [0.1, 0.15) is 50.6 Å². The molecule has 0 bridgehead atoms. The highest BCUT2D eigenvalue weighted by atomic mass is 32.1. The van der Waals surface area contributed by atoms with Gasteiger partial charge in [0.2, 0.25) is 0 Å². The van der Waals surface area contributed by atoms with Crippen LogP contribution >= 0.6 is 11.3 Å². The molecule has 0 aromatic carbocycles. The van der Waals surface area contributed by atoms with Crippen molar-refractivity contribution in [1.82, 2.24) is 10.3 Å². The highest BCUT2D eigenvalue weighted by Gasteiger charge is 2.31. The minimum atomic E-state index is 0.761. The molecule has 0 atom stereocenters. The third-order valence-corrected chi connectivity index (χ3v) is 4.75. The first-order valence-electron chi connectivity index (χ1n) is 7.55. The van der Waals surface area contributed by atoms with Gasteiger partial charge in [-0.25, -0.2) is 4.98 Å². The maximum atomic E-state index is 4.89. The Morgan fingerprint density at radius 1 is 1.42 bits per heavy atom. The SMILES string of the molecule is CCc1nc(N(CCC(C)C)C2CC2)sc1CNC. The highest BCUT2D eigenvalue weighted by molar-refractivity contribution is 7.15. The van der Waals surface area contributed by atoms with Crippen LogP contribution < -0.4 is 10.2 Å². The maximum absolute atomic E-state index is 4.89. The Morgan fingerprint density at radius 3 is 2.68 bits per heavy atom. The number of thiazole rings is 1. The second-order valence-electron chi connectivity index (χ2n) is 5.86. The maximum Gasteiger partial charge on any atom is 0.186 e. The molecule has 19 heavy (non-hydrogen) atoms. The van der Waals surface area contributed by atoms with Gasteiger partial charge in [0, 0.05) is 24.0 Å². The molecule has 108 valence electrons. The number of anilines is 1. The zero-order valence-electron chi connectivity index (χ0n) is 12.7. The summed E-state index contributed by atoms with van der Waals surface area (Å²) in [5, 5.41) is 4.51. The van der Waals surface area contributed by atoms with E-state index in [4.69, 9.17) is 4.98 Å². The van der Waals surface area contributed by atoms with Crippen molar-refractivity contribution in [1.29, 1.82) is 0 Å². The van der Waals surface area contributed by atoms with E-state index in [1.165, 1.54) is 35.0 Å². The van der Waals surface area contributed by atoms with Crippen molar-refractivity contribution < 1.29 is 0 Å². The molecule has 0 unspecified atom stereocenters. The molecule has 1 saturated carbocycles. The molecule has 1 aliphatic rings. The number of nitrogens with zero attached hydrogens (tertiary/aromatic N) is 2. The average Bonchev–Trinajstić information content (AvgIpc) is 3.12. The van der Waals surface area contributed by atoms with Crippen molar-refractivity contribution in [3.63, 3.8) is 0 Å². The Balaban J connectivity index is 2.11. The fourth-order valence-electron chi connectivity index (χ4n) is 2.29. The van der Waals surface area contributed by atoms with Crippen molar-refractivity contribution in [2.24, 2.45) is 5.92 Å². The van der Waals surface area contributed by atoms with Gasteiger partial charge in [-0.15, -0.1) is 11.3 Å². The van der Waals surface area contributed by atoms with E-state index in [1.54, 1.807) is 0 Å². The molecule has 4 heteroatoms. The van der Waals surface area contributed by atoms with Gasteiger partial charge in [0.25, 0.3) is 0 Å². The molecule has 0 amide bonds. The van der Waals surface area contributed by atoms with Crippen LogP contribution in [0.25, 0.3) is 0 Å². The van der Waals surface area contributed by atoms with Crippen molar-refractivity contribution >= 4 is 16.5 Å². The minimum absolute atomic E-state index is 0.761. The quantitative estimate of drug-likeness (QED) is 0.791. The molecule has 1 N–H and O–H groups in total. The monoisotopic (exact) mass is 281 g/mol. The topological polar surface area (TPSA) is 28.2 Å². The zero-order valence-corrected chi connectivity index (χ0v) is 13.5. The van der Waals surface area contributed by atoms with Crippen LogP contribution in [0.2, 0.25) is 0 Å². The molecule has 1 aromatic rings. The van der Waals surface area contributed by atoms with E-state index in [0.717, 1.165) is 31.5 Å². The molecule has 1 fully saturated rings. The first-order chi connectivity index (χ1) is 9.15. The summed E-state index contributed by atoms with van der Waals surface area (Å²) < 4.78 is 0. The van der Waals surface area contributed by atoms with E-state index in [2.05, 4.69) is 31.0 Å². The lowest BCUT2D eigenvalue weighted by molar-refractivity contribution is 0.570. The minimum Gasteiger partial charge on any atom is -0.345 e. The van der Waals surface area contributed by atoms with Gasteiger partial charge in [0.05, 0.1) is 5.69 Å². The van der Waals surface area contributed by atoms with Gasteiger partial charge in [0.15, 0.2) is 5.13 Å².